The summed E-state index contributed by atoms with van der Waals surface area (Å²) in [4.78, 5) is 15.1. The first-order valence-electron chi connectivity index (χ1n) is 4.77. The second-order valence-electron chi connectivity index (χ2n) is 3.69. The predicted octanol–water partition coefficient (Wildman–Crippen LogP) is -0.0455. The fourth-order valence-corrected chi connectivity index (χ4v) is 1.68. The van der Waals surface area contributed by atoms with Gasteiger partial charge in [-0.05, 0) is 13.6 Å². The average Bonchev–Trinajstić information content (AvgIpc) is 2.27. The number of hydrogen-bond acceptors (Lipinski definition) is 3. The number of aliphatic carboxylic acids is 1. The molecule has 0 amide bonds. The smallest absolute Gasteiger partial charge is 0.309 e. The zero-order chi connectivity index (χ0) is 9.84. The van der Waals surface area contributed by atoms with E-state index in [0.29, 0.717) is 13.1 Å². The van der Waals surface area contributed by atoms with Crippen LogP contribution in [0, 0.1) is 5.92 Å². The average molecular weight is 186 g/mol. The Bertz CT molecular complexity index is 184. The molecule has 1 fully saturated rings. The highest BCUT2D eigenvalue weighted by molar-refractivity contribution is 5.70. The third-order valence-electron chi connectivity index (χ3n) is 2.61. The van der Waals surface area contributed by atoms with Gasteiger partial charge in [-0.3, -0.25) is 4.79 Å². The maximum Gasteiger partial charge on any atom is 0.309 e. The Kier molecular flexibility index (Phi) is 3.69. The first-order valence-corrected chi connectivity index (χ1v) is 4.77. The number of nitrogens with zero attached hydrogens (tertiary/aromatic N) is 2. The summed E-state index contributed by atoms with van der Waals surface area (Å²) >= 11 is 0. The Balaban J connectivity index is 2.57. The molecular weight excluding hydrogens is 168 g/mol. The van der Waals surface area contributed by atoms with E-state index < -0.39 is 5.97 Å². The second kappa shape index (κ2) is 4.58. The summed E-state index contributed by atoms with van der Waals surface area (Å²) in [6.45, 7) is 6.33. The van der Waals surface area contributed by atoms with Crippen LogP contribution >= 0.6 is 0 Å². The zero-order valence-electron chi connectivity index (χ0n) is 8.36. The van der Waals surface area contributed by atoms with E-state index in [9.17, 15) is 4.79 Å². The molecule has 0 aromatic rings. The van der Waals surface area contributed by atoms with E-state index in [1.807, 2.05) is 7.05 Å². The van der Waals surface area contributed by atoms with Gasteiger partial charge >= 0.3 is 5.97 Å². The van der Waals surface area contributed by atoms with Gasteiger partial charge in [-0.2, -0.15) is 0 Å². The van der Waals surface area contributed by atoms with Crippen molar-refractivity contribution in [3.8, 4) is 0 Å². The van der Waals surface area contributed by atoms with E-state index in [-0.39, 0.29) is 5.92 Å². The van der Waals surface area contributed by atoms with Crippen molar-refractivity contribution >= 4 is 5.97 Å². The Morgan fingerprint density at radius 2 is 2.15 bits per heavy atom. The number of rotatable bonds is 2. The molecule has 4 heteroatoms. The number of carbonyl (C=O) groups is 1. The maximum atomic E-state index is 10.9. The number of hydrogen-bond donors (Lipinski definition) is 1. The van der Waals surface area contributed by atoms with Gasteiger partial charge in [0.1, 0.15) is 0 Å². The van der Waals surface area contributed by atoms with Crippen LogP contribution in [0.15, 0.2) is 0 Å². The number of carboxylic acid groups (broad SMARTS) is 1. The molecule has 1 unspecified atom stereocenters. The Morgan fingerprint density at radius 3 is 2.69 bits per heavy atom. The minimum absolute atomic E-state index is 0.229. The van der Waals surface area contributed by atoms with Crippen LogP contribution in [0.25, 0.3) is 0 Å². The molecule has 0 bridgehead atoms. The van der Waals surface area contributed by atoms with E-state index in [1.165, 1.54) is 0 Å². The molecule has 0 spiro atoms. The fourth-order valence-electron chi connectivity index (χ4n) is 1.68. The Labute approximate surface area is 79.1 Å². The topological polar surface area (TPSA) is 43.8 Å². The number of likely N-dealkylation sites (N-methyl/N-ethyl adjacent to an activating group) is 2. The van der Waals surface area contributed by atoms with E-state index in [1.54, 1.807) is 0 Å². The maximum absolute atomic E-state index is 10.9. The van der Waals surface area contributed by atoms with Crippen LogP contribution in [0.2, 0.25) is 0 Å². The monoisotopic (exact) mass is 186 g/mol. The largest absolute Gasteiger partial charge is 0.481 e. The highest BCUT2D eigenvalue weighted by Gasteiger charge is 2.24. The van der Waals surface area contributed by atoms with Crippen LogP contribution in [0.3, 0.4) is 0 Å². The van der Waals surface area contributed by atoms with Crippen LogP contribution in [0.1, 0.15) is 6.92 Å². The van der Waals surface area contributed by atoms with Crippen molar-refractivity contribution in [3.05, 3.63) is 0 Å². The summed E-state index contributed by atoms with van der Waals surface area (Å²) in [5.74, 6) is -0.903. The molecule has 76 valence electrons. The van der Waals surface area contributed by atoms with Crippen LogP contribution in [0.5, 0.6) is 0 Å². The van der Waals surface area contributed by atoms with Gasteiger partial charge in [0.25, 0.3) is 0 Å². The van der Waals surface area contributed by atoms with E-state index in [2.05, 4.69) is 16.7 Å². The molecule has 1 aliphatic heterocycles. The van der Waals surface area contributed by atoms with E-state index in [4.69, 9.17) is 5.11 Å². The molecule has 0 saturated carbocycles. The van der Waals surface area contributed by atoms with Gasteiger partial charge in [0.15, 0.2) is 0 Å². The van der Waals surface area contributed by atoms with Crippen molar-refractivity contribution in [2.75, 3.05) is 39.8 Å². The fraction of sp³-hybridized carbons (Fsp3) is 0.889. The molecule has 0 aromatic heterocycles. The second-order valence-corrected chi connectivity index (χ2v) is 3.69. The normalized spacial score (nSPS) is 27.1. The van der Waals surface area contributed by atoms with Gasteiger partial charge < -0.3 is 14.9 Å². The van der Waals surface area contributed by atoms with Crippen molar-refractivity contribution in [1.29, 1.82) is 0 Å². The molecule has 1 atom stereocenters. The SMILES string of the molecule is CCN1CCN(C)CC(C(=O)O)C1. The van der Waals surface area contributed by atoms with Crippen molar-refractivity contribution in [1.82, 2.24) is 9.80 Å². The summed E-state index contributed by atoms with van der Waals surface area (Å²) < 4.78 is 0. The molecule has 1 aliphatic rings. The molecule has 1 saturated heterocycles. The van der Waals surface area contributed by atoms with Gasteiger partial charge in [0.2, 0.25) is 0 Å². The van der Waals surface area contributed by atoms with Crippen LogP contribution in [0.4, 0.5) is 0 Å². The van der Waals surface area contributed by atoms with Gasteiger partial charge in [-0.1, -0.05) is 6.92 Å². The van der Waals surface area contributed by atoms with E-state index >= 15 is 0 Å². The molecule has 1 heterocycles. The lowest BCUT2D eigenvalue weighted by molar-refractivity contribution is -0.142. The quantitative estimate of drug-likeness (QED) is 0.657. The zero-order valence-corrected chi connectivity index (χ0v) is 8.36. The summed E-state index contributed by atoms with van der Waals surface area (Å²) in [6, 6.07) is 0. The molecule has 1 rings (SSSR count). The van der Waals surface area contributed by atoms with Gasteiger partial charge in [0.05, 0.1) is 5.92 Å². The Morgan fingerprint density at radius 1 is 1.46 bits per heavy atom. The number of carboxylic acids is 1. The van der Waals surface area contributed by atoms with Gasteiger partial charge in [0, 0.05) is 26.2 Å². The third kappa shape index (κ3) is 2.97. The molecular formula is C9H18N2O2. The molecule has 1 N–H and O–H groups in total. The highest BCUT2D eigenvalue weighted by Crippen LogP contribution is 2.07. The highest BCUT2D eigenvalue weighted by atomic mass is 16.4. The summed E-state index contributed by atoms with van der Waals surface area (Å²) in [7, 11) is 1.98. The Hall–Kier alpha value is -0.610. The van der Waals surface area contributed by atoms with Crippen molar-refractivity contribution in [2.45, 2.75) is 6.92 Å². The molecule has 4 nitrogen and oxygen atoms in total. The van der Waals surface area contributed by atoms with Crippen molar-refractivity contribution < 1.29 is 9.90 Å². The van der Waals surface area contributed by atoms with Gasteiger partial charge in [-0.25, -0.2) is 0 Å². The first kappa shape index (κ1) is 10.5. The minimum atomic E-state index is -0.674. The van der Waals surface area contributed by atoms with Crippen LogP contribution < -0.4 is 0 Å². The van der Waals surface area contributed by atoms with Crippen molar-refractivity contribution in [3.63, 3.8) is 0 Å². The predicted molar refractivity (Wildman–Crippen MR) is 50.7 cm³/mol. The lowest BCUT2D eigenvalue weighted by atomic mass is 10.1. The third-order valence-corrected chi connectivity index (χ3v) is 2.61. The standard InChI is InChI=1S/C9H18N2O2/c1-3-11-5-4-10(2)6-8(7-11)9(12)13/h8H,3-7H2,1-2H3,(H,12,13). The van der Waals surface area contributed by atoms with Crippen LogP contribution in [-0.2, 0) is 4.79 Å². The lowest BCUT2D eigenvalue weighted by Crippen LogP contribution is -2.33. The minimum Gasteiger partial charge on any atom is -0.481 e. The van der Waals surface area contributed by atoms with E-state index in [0.717, 1.165) is 19.6 Å². The summed E-state index contributed by atoms with van der Waals surface area (Å²) in [5, 5.41) is 8.94. The molecule has 0 radical (unpaired) electrons. The molecule has 0 aliphatic carbocycles. The van der Waals surface area contributed by atoms with Crippen LogP contribution in [-0.4, -0.2) is 60.6 Å². The van der Waals surface area contributed by atoms with Crippen molar-refractivity contribution in [2.24, 2.45) is 5.92 Å². The summed E-state index contributed by atoms with van der Waals surface area (Å²) in [5.41, 5.74) is 0. The first-order chi connectivity index (χ1) is 6.13. The van der Waals surface area contributed by atoms with Gasteiger partial charge in [-0.15, -0.1) is 0 Å². The molecule has 13 heavy (non-hydrogen) atoms. The summed E-state index contributed by atoms with van der Waals surface area (Å²) in [6.07, 6.45) is 0. The molecule has 0 aromatic carbocycles. The lowest BCUT2D eigenvalue weighted by Gasteiger charge is -2.19.